The smallest absolute Gasteiger partial charge is 0.411 e. The summed E-state index contributed by atoms with van der Waals surface area (Å²) in [5, 5.41) is 2.75. The van der Waals surface area contributed by atoms with Crippen LogP contribution in [0.25, 0.3) is 0 Å². The van der Waals surface area contributed by atoms with E-state index in [9.17, 15) is 14.0 Å². The molecule has 6 nitrogen and oxygen atoms in total. The van der Waals surface area contributed by atoms with Crippen molar-refractivity contribution in [3.05, 3.63) is 102 Å². The minimum absolute atomic E-state index is 0.274. The molecule has 0 bridgehead atoms. The highest BCUT2D eigenvalue weighted by molar-refractivity contribution is 5.89. The molecule has 2 aliphatic rings. The number of hydrogen-bond donors (Lipinski definition) is 1. The summed E-state index contributed by atoms with van der Waals surface area (Å²) < 4.78 is 19.6. The Morgan fingerprint density at radius 2 is 1.59 bits per heavy atom. The molecule has 0 aliphatic carbocycles. The summed E-state index contributed by atoms with van der Waals surface area (Å²) >= 11 is 0. The molecule has 0 aromatic heterocycles. The minimum Gasteiger partial charge on any atom is -0.431 e. The molecule has 1 atom stereocenters. The Morgan fingerprint density at radius 3 is 2.22 bits per heavy atom. The molecule has 7 heteroatoms. The molecule has 3 aromatic rings. The fourth-order valence-electron chi connectivity index (χ4n) is 4.61. The number of cyclic esters (lactones) is 1. The lowest BCUT2D eigenvalue weighted by Crippen LogP contribution is -2.59. The van der Waals surface area contributed by atoms with E-state index in [1.807, 2.05) is 60.7 Å². The first-order valence-electron chi connectivity index (χ1n) is 10.5. The number of ether oxygens (including phenoxy) is 1. The van der Waals surface area contributed by atoms with Gasteiger partial charge < -0.3 is 15.0 Å². The van der Waals surface area contributed by atoms with Crippen molar-refractivity contribution in [2.45, 2.75) is 11.6 Å². The number of nitrogens with zero attached hydrogens (tertiary/aromatic N) is 2. The van der Waals surface area contributed by atoms with E-state index in [2.05, 4.69) is 5.32 Å². The fraction of sp³-hybridized carbons (Fsp3) is 0.200. The average Bonchev–Trinajstić information content (AvgIpc) is 3.13. The van der Waals surface area contributed by atoms with Crippen LogP contribution < -0.4 is 5.32 Å². The molecule has 3 aromatic carbocycles. The zero-order valence-electron chi connectivity index (χ0n) is 17.3. The maximum Gasteiger partial charge on any atom is 0.411 e. The second-order valence-corrected chi connectivity index (χ2v) is 7.93. The van der Waals surface area contributed by atoms with Crippen molar-refractivity contribution in [1.29, 1.82) is 0 Å². The quantitative estimate of drug-likeness (QED) is 0.667. The Labute approximate surface area is 185 Å². The van der Waals surface area contributed by atoms with Gasteiger partial charge in [-0.1, -0.05) is 66.7 Å². The van der Waals surface area contributed by atoms with Gasteiger partial charge in [0.1, 0.15) is 11.9 Å². The van der Waals surface area contributed by atoms with Crippen LogP contribution in [-0.2, 0) is 10.3 Å². The minimum atomic E-state index is -1.04. The number of hydrogen-bond acceptors (Lipinski definition) is 3. The molecule has 162 valence electrons. The number of urea groups is 1. The molecule has 2 saturated heterocycles. The van der Waals surface area contributed by atoms with Crippen LogP contribution in [0.2, 0.25) is 0 Å². The number of carbonyl (C=O) groups excluding carboxylic acids is 2. The summed E-state index contributed by atoms with van der Waals surface area (Å²) in [6, 6.07) is 24.3. The summed E-state index contributed by atoms with van der Waals surface area (Å²) in [7, 11) is 0. The molecule has 2 fully saturated rings. The third kappa shape index (κ3) is 3.36. The van der Waals surface area contributed by atoms with Gasteiger partial charge in [0, 0.05) is 36.4 Å². The number of piperazine rings is 1. The first kappa shape index (κ1) is 20.1. The number of halogens is 1. The third-order valence-electron chi connectivity index (χ3n) is 6.10. The Balaban J connectivity index is 1.50. The highest BCUT2D eigenvalue weighted by Gasteiger charge is 2.58. The van der Waals surface area contributed by atoms with E-state index in [0.29, 0.717) is 18.8 Å². The molecule has 2 aliphatic heterocycles. The number of nitrogens with one attached hydrogen (secondary N) is 1. The maximum atomic E-state index is 13.5. The van der Waals surface area contributed by atoms with Crippen LogP contribution in [0.3, 0.4) is 0 Å². The summed E-state index contributed by atoms with van der Waals surface area (Å²) in [4.78, 5) is 29.2. The average molecular weight is 431 g/mol. The van der Waals surface area contributed by atoms with E-state index < -0.39 is 23.6 Å². The SMILES string of the molecule is O=C(Nc1cccc(F)c1)N1CCN2C(=O)OC(c3ccccc3)(c3ccccc3)C2C1. The van der Waals surface area contributed by atoms with Crippen molar-refractivity contribution >= 4 is 17.8 Å². The fourth-order valence-corrected chi connectivity index (χ4v) is 4.61. The van der Waals surface area contributed by atoms with E-state index in [0.717, 1.165) is 11.1 Å². The van der Waals surface area contributed by atoms with Crippen LogP contribution in [-0.4, -0.2) is 47.6 Å². The van der Waals surface area contributed by atoms with Crippen molar-refractivity contribution in [3.63, 3.8) is 0 Å². The Morgan fingerprint density at radius 1 is 0.938 bits per heavy atom. The van der Waals surface area contributed by atoms with Crippen LogP contribution >= 0.6 is 0 Å². The largest absolute Gasteiger partial charge is 0.431 e. The Kier molecular flexibility index (Phi) is 5.01. The normalized spacial score (nSPS) is 19.3. The second-order valence-electron chi connectivity index (χ2n) is 7.93. The number of fused-ring (bicyclic) bond motifs is 1. The van der Waals surface area contributed by atoms with Crippen LogP contribution in [0.4, 0.5) is 19.7 Å². The van der Waals surface area contributed by atoms with Gasteiger partial charge in [-0.3, -0.25) is 4.90 Å². The van der Waals surface area contributed by atoms with Crippen molar-refractivity contribution < 1.29 is 18.7 Å². The molecule has 32 heavy (non-hydrogen) atoms. The van der Waals surface area contributed by atoms with Crippen molar-refractivity contribution in [1.82, 2.24) is 9.80 Å². The van der Waals surface area contributed by atoms with E-state index in [4.69, 9.17) is 4.74 Å². The van der Waals surface area contributed by atoms with Crippen LogP contribution in [0.15, 0.2) is 84.9 Å². The monoisotopic (exact) mass is 431 g/mol. The first-order valence-corrected chi connectivity index (χ1v) is 10.5. The molecular weight excluding hydrogens is 409 g/mol. The van der Waals surface area contributed by atoms with Crippen molar-refractivity contribution in [3.8, 4) is 0 Å². The van der Waals surface area contributed by atoms with Crippen LogP contribution in [0.1, 0.15) is 11.1 Å². The van der Waals surface area contributed by atoms with Gasteiger partial charge >= 0.3 is 12.1 Å². The summed E-state index contributed by atoms with van der Waals surface area (Å²) in [5.74, 6) is -0.422. The zero-order chi connectivity index (χ0) is 22.1. The predicted molar refractivity (Wildman–Crippen MR) is 118 cm³/mol. The van der Waals surface area contributed by atoms with Crippen LogP contribution in [0.5, 0.6) is 0 Å². The predicted octanol–water partition coefficient (Wildman–Crippen LogP) is 4.44. The molecule has 3 amide bonds. The lowest BCUT2D eigenvalue weighted by molar-refractivity contribution is 0.0525. The van der Waals surface area contributed by atoms with E-state index in [1.54, 1.807) is 21.9 Å². The van der Waals surface area contributed by atoms with Gasteiger partial charge in [-0.05, 0) is 18.2 Å². The lowest BCUT2D eigenvalue weighted by atomic mass is 9.79. The van der Waals surface area contributed by atoms with Gasteiger partial charge in [0.15, 0.2) is 5.60 Å². The number of amides is 3. The maximum absolute atomic E-state index is 13.5. The van der Waals surface area contributed by atoms with Gasteiger partial charge in [0.05, 0.1) is 0 Å². The standard InChI is InChI=1S/C25H22FN3O3/c26-20-12-7-13-21(16-20)27-23(30)28-14-15-29-22(17-28)25(32-24(29)31,18-8-3-1-4-9-18)19-10-5-2-6-11-19/h1-13,16,22H,14-15,17H2,(H,27,30). The number of rotatable bonds is 3. The molecule has 5 rings (SSSR count). The highest BCUT2D eigenvalue weighted by Crippen LogP contribution is 2.45. The molecule has 0 radical (unpaired) electrons. The summed E-state index contributed by atoms with van der Waals surface area (Å²) in [5.41, 5.74) is 1.03. The molecule has 1 N–H and O–H groups in total. The summed E-state index contributed by atoms with van der Waals surface area (Å²) in [6.45, 7) is 0.977. The van der Waals surface area contributed by atoms with Gasteiger partial charge in [-0.2, -0.15) is 0 Å². The number of anilines is 1. The highest BCUT2D eigenvalue weighted by atomic mass is 19.1. The second kappa shape index (κ2) is 8.00. The van der Waals surface area contributed by atoms with Crippen molar-refractivity contribution in [2.75, 3.05) is 25.0 Å². The molecular formula is C25H22FN3O3. The lowest BCUT2D eigenvalue weighted by Gasteiger charge is -2.42. The van der Waals surface area contributed by atoms with Gasteiger partial charge in [-0.15, -0.1) is 0 Å². The van der Waals surface area contributed by atoms with Gasteiger partial charge in [0.2, 0.25) is 0 Å². The van der Waals surface area contributed by atoms with Crippen molar-refractivity contribution in [2.24, 2.45) is 0 Å². The zero-order valence-corrected chi connectivity index (χ0v) is 17.3. The summed E-state index contributed by atoms with van der Waals surface area (Å²) in [6.07, 6.45) is -0.395. The molecule has 0 spiro atoms. The van der Waals surface area contributed by atoms with Gasteiger partial charge in [-0.25, -0.2) is 14.0 Å². The number of benzene rings is 3. The molecule has 2 heterocycles. The molecule has 1 unspecified atom stereocenters. The Hall–Kier alpha value is -3.87. The first-order chi connectivity index (χ1) is 15.6. The molecule has 0 saturated carbocycles. The topological polar surface area (TPSA) is 61.9 Å². The number of carbonyl (C=O) groups is 2. The van der Waals surface area contributed by atoms with E-state index in [-0.39, 0.29) is 12.6 Å². The van der Waals surface area contributed by atoms with Crippen LogP contribution in [0, 0.1) is 5.82 Å². The van der Waals surface area contributed by atoms with E-state index >= 15 is 0 Å². The van der Waals surface area contributed by atoms with E-state index in [1.165, 1.54) is 12.1 Å². The Bertz CT molecular complexity index is 1100. The third-order valence-corrected chi connectivity index (χ3v) is 6.10. The van der Waals surface area contributed by atoms with Gasteiger partial charge in [0.25, 0.3) is 0 Å².